The number of amides is 1. The smallest absolute Gasteiger partial charge is 0.329 e. The summed E-state index contributed by atoms with van der Waals surface area (Å²) in [5.74, 6) is -0.473. The second-order valence-corrected chi connectivity index (χ2v) is 6.42. The number of aromatic amines is 1. The quantitative estimate of drug-likeness (QED) is 0.711. The highest BCUT2D eigenvalue weighted by Gasteiger charge is 2.20. The molecule has 0 aliphatic rings. The van der Waals surface area contributed by atoms with Crippen LogP contribution in [0.5, 0.6) is 0 Å². The maximum absolute atomic E-state index is 12.6. The molecule has 0 aliphatic heterocycles. The van der Waals surface area contributed by atoms with Crippen molar-refractivity contribution in [3.8, 4) is 0 Å². The average Bonchev–Trinajstić information content (AvgIpc) is 2.55. The van der Waals surface area contributed by atoms with Gasteiger partial charge in [-0.15, -0.1) is 0 Å². The molecule has 0 fully saturated rings. The monoisotopic (exact) mass is 348 g/mol. The van der Waals surface area contributed by atoms with Gasteiger partial charge in [-0.3, -0.25) is 19.1 Å². The molecule has 8 heteroatoms. The fourth-order valence-corrected chi connectivity index (χ4v) is 2.53. The van der Waals surface area contributed by atoms with Crippen LogP contribution in [0.4, 0.5) is 0 Å². The van der Waals surface area contributed by atoms with Crippen molar-refractivity contribution in [3.63, 3.8) is 0 Å². The first-order chi connectivity index (χ1) is 11.8. The lowest BCUT2D eigenvalue weighted by Crippen LogP contribution is -2.35. The molecule has 2 heterocycles. The van der Waals surface area contributed by atoms with E-state index in [1.807, 2.05) is 20.8 Å². The minimum Gasteiger partial charge on any atom is -0.392 e. The molecular formula is C17H24N4O4. The predicted octanol–water partition coefficient (Wildman–Crippen LogP) is 0.729. The Bertz CT molecular complexity index is 896. The highest BCUT2D eigenvalue weighted by atomic mass is 16.3. The zero-order chi connectivity index (χ0) is 18.7. The van der Waals surface area contributed by atoms with Gasteiger partial charge in [0.05, 0.1) is 17.1 Å². The molecule has 136 valence electrons. The summed E-state index contributed by atoms with van der Waals surface area (Å²) in [5.41, 5.74) is -0.200. The number of aryl methyl sites for hydroxylation is 1. The zero-order valence-electron chi connectivity index (χ0n) is 14.9. The van der Waals surface area contributed by atoms with Crippen molar-refractivity contribution in [2.45, 2.75) is 52.7 Å². The second kappa shape index (κ2) is 7.60. The van der Waals surface area contributed by atoms with E-state index < -0.39 is 23.3 Å². The average molecular weight is 348 g/mol. The van der Waals surface area contributed by atoms with Crippen molar-refractivity contribution in [2.75, 3.05) is 6.54 Å². The fourth-order valence-electron chi connectivity index (χ4n) is 2.53. The van der Waals surface area contributed by atoms with Crippen LogP contribution in [0, 0.1) is 0 Å². The lowest BCUT2D eigenvalue weighted by Gasteiger charge is -2.15. The first-order valence-corrected chi connectivity index (χ1v) is 8.40. The van der Waals surface area contributed by atoms with Crippen molar-refractivity contribution >= 4 is 16.9 Å². The summed E-state index contributed by atoms with van der Waals surface area (Å²) in [5, 5.41) is 12.0. The summed E-state index contributed by atoms with van der Waals surface area (Å²) in [7, 11) is 0. The van der Waals surface area contributed by atoms with Crippen molar-refractivity contribution in [3.05, 3.63) is 38.2 Å². The summed E-state index contributed by atoms with van der Waals surface area (Å²) in [6, 6.07) is 1.57. The van der Waals surface area contributed by atoms with Crippen LogP contribution in [0.1, 0.15) is 56.1 Å². The predicted molar refractivity (Wildman–Crippen MR) is 95.0 cm³/mol. The molecule has 2 aromatic rings. The number of fused-ring (bicyclic) bond motifs is 1. The number of nitrogens with zero attached hydrogens (tertiary/aromatic N) is 2. The highest BCUT2D eigenvalue weighted by Crippen LogP contribution is 2.19. The number of aliphatic hydroxyl groups excluding tert-OH is 1. The number of nitrogens with one attached hydrogen (secondary N) is 2. The van der Waals surface area contributed by atoms with Crippen molar-refractivity contribution in [2.24, 2.45) is 0 Å². The number of hydrogen-bond donors (Lipinski definition) is 3. The molecule has 0 saturated carbocycles. The molecular weight excluding hydrogens is 324 g/mol. The van der Waals surface area contributed by atoms with E-state index in [4.69, 9.17) is 0 Å². The van der Waals surface area contributed by atoms with Gasteiger partial charge in [-0.1, -0.05) is 20.8 Å². The first-order valence-electron chi connectivity index (χ1n) is 8.40. The lowest BCUT2D eigenvalue weighted by atomic mass is 10.0. The largest absolute Gasteiger partial charge is 0.392 e. The molecule has 0 aromatic carbocycles. The molecule has 0 saturated heterocycles. The minimum absolute atomic E-state index is 0.0113. The van der Waals surface area contributed by atoms with E-state index in [-0.39, 0.29) is 29.1 Å². The van der Waals surface area contributed by atoms with Crippen LogP contribution in [0.15, 0.2) is 15.7 Å². The number of pyridine rings is 1. The summed E-state index contributed by atoms with van der Waals surface area (Å²) >= 11 is 0. The Morgan fingerprint density at radius 3 is 2.60 bits per heavy atom. The summed E-state index contributed by atoms with van der Waals surface area (Å²) in [6.45, 7) is 7.74. The molecule has 1 amide bonds. The van der Waals surface area contributed by atoms with Gasteiger partial charge in [0.25, 0.3) is 11.5 Å². The van der Waals surface area contributed by atoms with Crippen LogP contribution in [0.3, 0.4) is 0 Å². The van der Waals surface area contributed by atoms with E-state index in [1.165, 1.54) is 4.57 Å². The van der Waals surface area contributed by atoms with Gasteiger partial charge in [0.2, 0.25) is 0 Å². The second-order valence-electron chi connectivity index (χ2n) is 6.42. The third kappa shape index (κ3) is 3.96. The lowest BCUT2D eigenvalue weighted by molar-refractivity contribution is 0.0925. The standard InChI is InChI=1S/C17H24N4O4/c1-5-6-21-14-13(16(24)20-17(21)25)11(7-12(19-14)9(2)3)15(23)18-8-10(4)22/h7,9-10,22H,5-6,8H2,1-4H3,(H,18,23)(H,20,24,25). The number of carbonyl (C=O) groups is 1. The van der Waals surface area contributed by atoms with Crippen LogP contribution < -0.4 is 16.6 Å². The van der Waals surface area contributed by atoms with Gasteiger partial charge in [0.15, 0.2) is 5.65 Å². The molecule has 0 bridgehead atoms. The SMILES string of the molecule is CCCn1c(=O)[nH]c(=O)c2c(C(=O)NCC(C)O)cc(C(C)C)nc21. The maximum Gasteiger partial charge on any atom is 0.329 e. The first kappa shape index (κ1) is 18.9. The van der Waals surface area contributed by atoms with Gasteiger partial charge in [0, 0.05) is 18.8 Å². The van der Waals surface area contributed by atoms with E-state index in [1.54, 1.807) is 13.0 Å². The Kier molecular flexibility index (Phi) is 5.73. The number of aliphatic hydroxyl groups is 1. The van der Waals surface area contributed by atoms with E-state index in [9.17, 15) is 19.5 Å². The normalized spacial score (nSPS) is 12.6. The van der Waals surface area contributed by atoms with Gasteiger partial charge in [0.1, 0.15) is 0 Å². The molecule has 3 N–H and O–H groups in total. The molecule has 2 rings (SSSR count). The van der Waals surface area contributed by atoms with Gasteiger partial charge in [-0.2, -0.15) is 0 Å². The van der Waals surface area contributed by atoms with Gasteiger partial charge in [-0.25, -0.2) is 9.78 Å². The Balaban J connectivity index is 2.79. The van der Waals surface area contributed by atoms with Crippen LogP contribution >= 0.6 is 0 Å². The van der Waals surface area contributed by atoms with E-state index in [0.717, 1.165) is 0 Å². The summed E-state index contributed by atoms with van der Waals surface area (Å²) in [4.78, 5) is 43.8. The number of carbonyl (C=O) groups excluding carboxylic acids is 1. The van der Waals surface area contributed by atoms with Crippen molar-refractivity contribution < 1.29 is 9.90 Å². The molecule has 2 aromatic heterocycles. The highest BCUT2D eigenvalue weighted by molar-refractivity contribution is 6.05. The van der Waals surface area contributed by atoms with E-state index >= 15 is 0 Å². The van der Waals surface area contributed by atoms with Crippen LogP contribution in [0.2, 0.25) is 0 Å². The number of rotatable bonds is 6. The van der Waals surface area contributed by atoms with Gasteiger partial charge < -0.3 is 10.4 Å². The third-order valence-corrected chi connectivity index (χ3v) is 3.81. The number of hydrogen-bond acceptors (Lipinski definition) is 5. The Morgan fingerprint density at radius 1 is 1.36 bits per heavy atom. The third-order valence-electron chi connectivity index (χ3n) is 3.81. The number of aromatic nitrogens is 3. The summed E-state index contributed by atoms with van der Waals surface area (Å²) in [6.07, 6.45) is -0.0313. The Labute approximate surface area is 144 Å². The Morgan fingerprint density at radius 2 is 2.04 bits per heavy atom. The zero-order valence-corrected chi connectivity index (χ0v) is 14.9. The molecule has 0 spiro atoms. The molecule has 1 atom stereocenters. The van der Waals surface area contributed by atoms with E-state index in [2.05, 4.69) is 15.3 Å². The van der Waals surface area contributed by atoms with Crippen molar-refractivity contribution in [1.29, 1.82) is 0 Å². The van der Waals surface area contributed by atoms with Gasteiger partial charge >= 0.3 is 5.69 Å². The number of H-pyrrole nitrogens is 1. The van der Waals surface area contributed by atoms with Gasteiger partial charge in [-0.05, 0) is 25.3 Å². The summed E-state index contributed by atoms with van der Waals surface area (Å²) < 4.78 is 1.38. The van der Waals surface area contributed by atoms with E-state index in [0.29, 0.717) is 18.7 Å². The Hall–Kier alpha value is -2.48. The van der Waals surface area contributed by atoms with Crippen LogP contribution in [-0.4, -0.2) is 38.2 Å². The molecule has 8 nitrogen and oxygen atoms in total. The fraction of sp³-hybridized carbons (Fsp3) is 0.529. The topological polar surface area (TPSA) is 117 Å². The van der Waals surface area contributed by atoms with Crippen molar-refractivity contribution in [1.82, 2.24) is 19.9 Å². The van der Waals surface area contributed by atoms with Crippen LogP contribution in [0.25, 0.3) is 11.0 Å². The molecule has 25 heavy (non-hydrogen) atoms. The van der Waals surface area contributed by atoms with Crippen LogP contribution in [-0.2, 0) is 6.54 Å². The minimum atomic E-state index is -0.710. The molecule has 0 radical (unpaired) electrons. The molecule has 1 unspecified atom stereocenters. The molecule has 0 aliphatic carbocycles. The maximum atomic E-state index is 12.6.